The van der Waals surface area contributed by atoms with Crippen molar-refractivity contribution in [2.24, 2.45) is 0 Å². The Bertz CT molecular complexity index is 330. The number of aromatic nitrogens is 2. The number of hydrogen-bond donors (Lipinski definition) is 1. The molecule has 0 aliphatic rings. The van der Waals surface area contributed by atoms with Gasteiger partial charge in [-0.2, -0.15) is 5.10 Å². The number of rotatable bonds is 10. The third kappa shape index (κ3) is 6.24. The monoisotopic (exact) mass is 265 g/mol. The Morgan fingerprint density at radius 3 is 2.53 bits per heavy atom. The Morgan fingerprint density at radius 2 is 1.95 bits per heavy atom. The van der Waals surface area contributed by atoms with Gasteiger partial charge in [-0.3, -0.25) is 4.68 Å². The molecule has 1 aromatic rings. The largest absolute Gasteiger partial charge is 0.317 e. The second kappa shape index (κ2) is 9.13. The summed E-state index contributed by atoms with van der Waals surface area (Å²) in [6.07, 6.45) is 11.2. The van der Waals surface area contributed by atoms with Gasteiger partial charge in [-0.15, -0.1) is 0 Å². The van der Waals surface area contributed by atoms with Crippen molar-refractivity contribution >= 4 is 0 Å². The van der Waals surface area contributed by atoms with Crippen molar-refractivity contribution < 1.29 is 0 Å². The quantitative estimate of drug-likeness (QED) is 0.649. The third-order valence-electron chi connectivity index (χ3n) is 3.71. The molecule has 3 nitrogen and oxygen atoms in total. The number of nitrogens with zero attached hydrogens (tertiary/aromatic N) is 2. The summed E-state index contributed by atoms with van der Waals surface area (Å²) in [6, 6.07) is 3.18. The zero-order chi connectivity index (χ0) is 14.1. The van der Waals surface area contributed by atoms with Gasteiger partial charge in [-0.25, -0.2) is 0 Å². The number of nitrogens with one attached hydrogen (secondary N) is 1. The van der Waals surface area contributed by atoms with Crippen LogP contribution in [0.25, 0.3) is 0 Å². The van der Waals surface area contributed by atoms with Crippen molar-refractivity contribution in [2.75, 3.05) is 7.05 Å². The topological polar surface area (TPSA) is 29.9 Å². The van der Waals surface area contributed by atoms with Gasteiger partial charge in [0.2, 0.25) is 0 Å². The third-order valence-corrected chi connectivity index (χ3v) is 3.71. The lowest BCUT2D eigenvalue weighted by atomic mass is 10.0. The first kappa shape index (κ1) is 16.2. The van der Waals surface area contributed by atoms with Crippen LogP contribution in [0.1, 0.15) is 71.0 Å². The zero-order valence-electron chi connectivity index (χ0n) is 13.2. The number of unbranched alkanes of at least 4 members (excludes halogenated alkanes) is 4. The molecule has 0 amide bonds. The molecule has 1 aromatic heterocycles. The molecule has 1 rings (SSSR count). The summed E-state index contributed by atoms with van der Waals surface area (Å²) in [7, 11) is 2.07. The maximum absolute atomic E-state index is 4.63. The van der Waals surface area contributed by atoms with Gasteiger partial charge in [0, 0.05) is 24.7 Å². The highest BCUT2D eigenvalue weighted by atomic mass is 15.3. The summed E-state index contributed by atoms with van der Waals surface area (Å²) in [4.78, 5) is 0. The lowest BCUT2D eigenvalue weighted by Gasteiger charge is -2.14. The van der Waals surface area contributed by atoms with Crippen LogP contribution in [0.3, 0.4) is 0 Å². The van der Waals surface area contributed by atoms with E-state index in [-0.39, 0.29) is 0 Å². The van der Waals surface area contributed by atoms with E-state index in [1.807, 2.05) is 4.68 Å². The molecule has 0 spiro atoms. The maximum atomic E-state index is 4.63. The highest BCUT2D eigenvalue weighted by Gasteiger charge is 2.10. The van der Waals surface area contributed by atoms with Crippen LogP contribution < -0.4 is 5.32 Å². The lowest BCUT2D eigenvalue weighted by Crippen LogP contribution is -2.27. The highest BCUT2D eigenvalue weighted by Crippen LogP contribution is 2.11. The molecule has 19 heavy (non-hydrogen) atoms. The fraction of sp³-hybridized carbons (Fsp3) is 0.812. The van der Waals surface area contributed by atoms with E-state index in [0.717, 1.165) is 6.42 Å². The minimum absolute atomic E-state index is 0.454. The first-order chi connectivity index (χ1) is 9.17. The molecule has 0 bridgehead atoms. The van der Waals surface area contributed by atoms with E-state index in [4.69, 9.17) is 0 Å². The Labute approximate surface area is 118 Å². The van der Waals surface area contributed by atoms with Crippen molar-refractivity contribution in [2.45, 2.75) is 77.8 Å². The first-order valence-corrected chi connectivity index (χ1v) is 7.88. The van der Waals surface area contributed by atoms with Gasteiger partial charge in [-0.1, -0.05) is 39.0 Å². The molecule has 0 aliphatic carbocycles. The predicted octanol–water partition coefficient (Wildman–Crippen LogP) is 3.96. The Morgan fingerprint density at radius 1 is 1.21 bits per heavy atom. The van der Waals surface area contributed by atoms with Crippen LogP contribution in [-0.4, -0.2) is 22.9 Å². The normalized spacial score (nSPS) is 13.1. The fourth-order valence-corrected chi connectivity index (χ4v) is 2.37. The van der Waals surface area contributed by atoms with Crippen LogP contribution in [0.15, 0.2) is 12.3 Å². The molecular formula is C16H31N3. The standard InChI is InChI=1S/C16H31N3/c1-5-6-7-8-9-10-15(17-4)13-16-11-12-19(18-16)14(2)3/h11-12,14-15,17H,5-10,13H2,1-4H3. The SMILES string of the molecule is CCCCCCCC(Cc1ccn(C(C)C)n1)NC. The maximum Gasteiger partial charge on any atom is 0.0640 e. The van der Waals surface area contributed by atoms with Crippen LogP contribution in [0, 0.1) is 0 Å². The summed E-state index contributed by atoms with van der Waals surface area (Å²) in [5, 5.41) is 8.06. The van der Waals surface area contributed by atoms with E-state index in [9.17, 15) is 0 Å². The van der Waals surface area contributed by atoms with Crippen molar-refractivity contribution in [1.29, 1.82) is 0 Å². The van der Waals surface area contributed by atoms with Crippen molar-refractivity contribution in [3.05, 3.63) is 18.0 Å². The molecular weight excluding hydrogens is 234 g/mol. The Hall–Kier alpha value is -0.830. The number of likely N-dealkylation sites (N-methyl/N-ethyl adjacent to an activating group) is 1. The predicted molar refractivity (Wildman–Crippen MR) is 82.5 cm³/mol. The molecule has 3 heteroatoms. The Balaban J connectivity index is 2.30. The summed E-state index contributed by atoms with van der Waals surface area (Å²) in [6.45, 7) is 6.60. The second-order valence-corrected chi connectivity index (χ2v) is 5.77. The first-order valence-electron chi connectivity index (χ1n) is 7.88. The van der Waals surface area contributed by atoms with Gasteiger partial charge in [0.05, 0.1) is 5.69 Å². The van der Waals surface area contributed by atoms with Gasteiger partial charge < -0.3 is 5.32 Å². The molecule has 1 heterocycles. The van der Waals surface area contributed by atoms with Gasteiger partial charge in [-0.05, 0) is 33.4 Å². The summed E-state index contributed by atoms with van der Waals surface area (Å²) in [5.74, 6) is 0. The minimum atomic E-state index is 0.454. The fourth-order valence-electron chi connectivity index (χ4n) is 2.37. The molecule has 0 radical (unpaired) electrons. The van der Waals surface area contributed by atoms with Crippen molar-refractivity contribution in [3.63, 3.8) is 0 Å². The van der Waals surface area contributed by atoms with Crippen LogP contribution in [0.5, 0.6) is 0 Å². The molecule has 0 aromatic carbocycles. The molecule has 0 saturated carbocycles. The molecule has 1 unspecified atom stereocenters. The lowest BCUT2D eigenvalue weighted by molar-refractivity contribution is 0.469. The average Bonchev–Trinajstić information content (AvgIpc) is 2.86. The highest BCUT2D eigenvalue weighted by molar-refractivity contribution is 5.02. The van der Waals surface area contributed by atoms with E-state index < -0.39 is 0 Å². The van der Waals surface area contributed by atoms with Crippen molar-refractivity contribution in [3.8, 4) is 0 Å². The second-order valence-electron chi connectivity index (χ2n) is 5.77. The zero-order valence-corrected chi connectivity index (χ0v) is 13.2. The van der Waals surface area contributed by atoms with E-state index in [1.165, 1.54) is 44.2 Å². The van der Waals surface area contributed by atoms with E-state index in [1.54, 1.807) is 0 Å². The van der Waals surface area contributed by atoms with E-state index >= 15 is 0 Å². The number of hydrogen-bond acceptors (Lipinski definition) is 2. The summed E-state index contributed by atoms with van der Waals surface area (Å²) >= 11 is 0. The van der Waals surface area contributed by atoms with Crippen LogP contribution >= 0.6 is 0 Å². The van der Waals surface area contributed by atoms with Gasteiger partial charge in [0.25, 0.3) is 0 Å². The smallest absolute Gasteiger partial charge is 0.0640 e. The van der Waals surface area contributed by atoms with Crippen LogP contribution in [-0.2, 0) is 6.42 Å². The van der Waals surface area contributed by atoms with E-state index in [2.05, 4.69) is 50.5 Å². The van der Waals surface area contributed by atoms with Gasteiger partial charge >= 0.3 is 0 Å². The molecule has 0 aliphatic heterocycles. The molecule has 1 atom stereocenters. The molecule has 1 N–H and O–H groups in total. The Kier molecular flexibility index (Phi) is 7.80. The average molecular weight is 265 g/mol. The van der Waals surface area contributed by atoms with E-state index in [0.29, 0.717) is 12.1 Å². The summed E-state index contributed by atoms with van der Waals surface area (Å²) < 4.78 is 2.04. The van der Waals surface area contributed by atoms with Crippen LogP contribution in [0.4, 0.5) is 0 Å². The van der Waals surface area contributed by atoms with Gasteiger partial charge in [0.15, 0.2) is 0 Å². The molecule has 0 saturated heterocycles. The minimum Gasteiger partial charge on any atom is -0.317 e. The molecule has 110 valence electrons. The summed E-state index contributed by atoms with van der Waals surface area (Å²) in [5.41, 5.74) is 1.21. The van der Waals surface area contributed by atoms with Crippen LogP contribution in [0.2, 0.25) is 0 Å². The molecule has 0 fully saturated rings. The van der Waals surface area contributed by atoms with Crippen molar-refractivity contribution in [1.82, 2.24) is 15.1 Å². The van der Waals surface area contributed by atoms with Gasteiger partial charge in [0.1, 0.15) is 0 Å².